The predicted octanol–water partition coefficient (Wildman–Crippen LogP) is 4.04. The Morgan fingerprint density at radius 3 is 2.08 bits per heavy atom. The van der Waals surface area contributed by atoms with E-state index < -0.39 is 0 Å². The van der Waals surface area contributed by atoms with E-state index in [-0.39, 0.29) is 0 Å². The molecule has 6 rings (SSSR count). The summed E-state index contributed by atoms with van der Waals surface area (Å²) >= 11 is 2.03. The average molecular weight is 371 g/mol. The van der Waals surface area contributed by atoms with Crippen molar-refractivity contribution >= 4 is 23.4 Å². The molecule has 4 heteroatoms. The van der Waals surface area contributed by atoms with Crippen molar-refractivity contribution < 1.29 is 4.79 Å². The van der Waals surface area contributed by atoms with Crippen LogP contribution in [0.2, 0.25) is 0 Å². The molecule has 0 aromatic heterocycles. The Balaban J connectivity index is 1.14. The van der Waals surface area contributed by atoms with E-state index in [4.69, 9.17) is 0 Å². The lowest BCUT2D eigenvalue weighted by molar-refractivity contribution is -0.128. The van der Waals surface area contributed by atoms with Crippen LogP contribution < -0.4 is 4.90 Å². The molecule has 1 saturated heterocycles. The number of thioether (sulfide) groups is 1. The van der Waals surface area contributed by atoms with Crippen molar-refractivity contribution in [1.29, 1.82) is 0 Å². The molecule has 5 fully saturated rings. The van der Waals surface area contributed by atoms with Gasteiger partial charge in [0.2, 0.25) is 5.91 Å². The SMILES string of the molecule is O=C(CSC12CC3CC(CC(C3)C1)C2)N1CCN(c2ccccc2)CC1. The maximum absolute atomic E-state index is 12.8. The summed E-state index contributed by atoms with van der Waals surface area (Å²) in [6.07, 6.45) is 8.61. The van der Waals surface area contributed by atoms with Gasteiger partial charge in [0.15, 0.2) is 0 Å². The van der Waals surface area contributed by atoms with Crippen molar-refractivity contribution in [2.45, 2.75) is 43.3 Å². The summed E-state index contributed by atoms with van der Waals surface area (Å²) in [5.74, 6) is 3.99. The third-order valence-electron chi connectivity index (χ3n) is 7.24. The second-order valence-corrected chi connectivity index (χ2v) is 10.5. The fraction of sp³-hybridized carbons (Fsp3) is 0.682. The van der Waals surface area contributed by atoms with Crippen LogP contribution >= 0.6 is 11.8 Å². The number of nitrogens with zero attached hydrogens (tertiary/aromatic N) is 2. The zero-order chi connectivity index (χ0) is 17.6. The normalized spacial score (nSPS) is 35.8. The van der Waals surface area contributed by atoms with E-state index in [0.29, 0.717) is 16.4 Å². The van der Waals surface area contributed by atoms with Gasteiger partial charge in [0.1, 0.15) is 0 Å². The molecule has 4 bridgehead atoms. The lowest BCUT2D eigenvalue weighted by Gasteiger charge is -2.56. The topological polar surface area (TPSA) is 23.6 Å². The standard InChI is InChI=1S/C22H30N2OS/c25-21(24-8-6-23(7-9-24)20-4-2-1-3-5-20)16-26-22-13-17-10-18(14-22)12-19(11-17)15-22/h1-5,17-19H,6-16H2. The highest BCUT2D eigenvalue weighted by Gasteiger charge is 2.51. The van der Waals surface area contributed by atoms with Crippen LogP contribution in [0.25, 0.3) is 0 Å². The van der Waals surface area contributed by atoms with Gasteiger partial charge in [-0.05, 0) is 68.4 Å². The smallest absolute Gasteiger partial charge is 0.232 e. The number of para-hydroxylation sites is 1. The average Bonchev–Trinajstić information content (AvgIpc) is 2.66. The lowest BCUT2D eigenvalue weighted by Crippen LogP contribution is -2.51. The molecule has 4 saturated carbocycles. The van der Waals surface area contributed by atoms with E-state index in [1.807, 2.05) is 11.8 Å². The van der Waals surface area contributed by atoms with Crippen LogP contribution in [0.3, 0.4) is 0 Å². The molecule has 1 aromatic rings. The van der Waals surface area contributed by atoms with Gasteiger partial charge < -0.3 is 9.80 Å². The maximum Gasteiger partial charge on any atom is 0.232 e. The second-order valence-electron chi connectivity index (χ2n) is 9.09. The molecule has 140 valence electrons. The number of carbonyl (C=O) groups is 1. The molecule has 4 aliphatic carbocycles. The van der Waals surface area contributed by atoms with Crippen molar-refractivity contribution in [2.24, 2.45) is 17.8 Å². The molecular weight excluding hydrogens is 340 g/mol. The van der Waals surface area contributed by atoms with Gasteiger partial charge >= 0.3 is 0 Å². The Hall–Kier alpha value is -1.16. The Kier molecular flexibility index (Phi) is 4.42. The second kappa shape index (κ2) is 6.78. The first kappa shape index (κ1) is 17.0. The predicted molar refractivity (Wildman–Crippen MR) is 109 cm³/mol. The number of hydrogen-bond acceptors (Lipinski definition) is 3. The highest BCUT2D eigenvalue weighted by atomic mass is 32.2. The molecule has 0 radical (unpaired) electrons. The Labute approximate surface area is 161 Å². The molecule has 3 nitrogen and oxygen atoms in total. The summed E-state index contributed by atoms with van der Waals surface area (Å²) in [4.78, 5) is 17.3. The van der Waals surface area contributed by atoms with E-state index >= 15 is 0 Å². The van der Waals surface area contributed by atoms with Crippen molar-refractivity contribution in [3.05, 3.63) is 30.3 Å². The number of piperazine rings is 1. The van der Waals surface area contributed by atoms with E-state index in [0.717, 1.165) is 43.9 Å². The molecular formula is C22H30N2OS. The van der Waals surface area contributed by atoms with E-state index in [1.54, 1.807) is 0 Å². The van der Waals surface area contributed by atoms with Crippen LogP contribution in [-0.4, -0.2) is 47.5 Å². The maximum atomic E-state index is 12.8. The minimum atomic E-state index is 0.374. The third kappa shape index (κ3) is 3.26. The van der Waals surface area contributed by atoms with Crippen molar-refractivity contribution in [3.63, 3.8) is 0 Å². The summed E-state index contributed by atoms with van der Waals surface area (Å²) in [6, 6.07) is 10.6. The number of hydrogen-bond donors (Lipinski definition) is 0. The van der Waals surface area contributed by atoms with Crippen molar-refractivity contribution in [1.82, 2.24) is 4.90 Å². The number of rotatable bonds is 4. The van der Waals surface area contributed by atoms with Gasteiger partial charge in [-0.2, -0.15) is 0 Å². The number of anilines is 1. The lowest BCUT2D eigenvalue weighted by atomic mass is 9.56. The van der Waals surface area contributed by atoms with Gasteiger partial charge in [-0.25, -0.2) is 0 Å². The third-order valence-corrected chi connectivity index (χ3v) is 8.74. The monoisotopic (exact) mass is 370 g/mol. The highest BCUT2D eigenvalue weighted by Crippen LogP contribution is 2.60. The number of carbonyl (C=O) groups excluding carboxylic acids is 1. The van der Waals surface area contributed by atoms with Gasteiger partial charge in [0, 0.05) is 36.6 Å². The molecule has 1 heterocycles. The summed E-state index contributed by atoms with van der Waals surface area (Å²) < 4.78 is 0.455. The Morgan fingerprint density at radius 1 is 0.923 bits per heavy atom. The Morgan fingerprint density at radius 2 is 1.50 bits per heavy atom. The van der Waals surface area contributed by atoms with Crippen LogP contribution in [0, 0.1) is 17.8 Å². The minimum Gasteiger partial charge on any atom is -0.368 e. The fourth-order valence-electron chi connectivity index (χ4n) is 6.37. The molecule has 1 aliphatic heterocycles. The molecule has 1 amide bonds. The van der Waals surface area contributed by atoms with Crippen LogP contribution in [0.15, 0.2) is 30.3 Å². The summed E-state index contributed by atoms with van der Waals surface area (Å²) in [6.45, 7) is 3.65. The van der Waals surface area contributed by atoms with Crippen LogP contribution in [-0.2, 0) is 4.79 Å². The molecule has 5 aliphatic rings. The fourth-order valence-corrected chi connectivity index (χ4v) is 8.04. The van der Waals surface area contributed by atoms with Gasteiger partial charge in [0.05, 0.1) is 5.75 Å². The van der Waals surface area contributed by atoms with Crippen LogP contribution in [0.1, 0.15) is 38.5 Å². The van der Waals surface area contributed by atoms with E-state index in [1.165, 1.54) is 44.2 Å². The first-order valence-electron chi connectivity index (χ1n) is 10.4. The van der Waals surface area contributed by atoms with Crippen LogP contribution in [0.5, 0.6) is 0 Å². The zero-order valence-corrected chi connectivity index (χ0v) is 16.4. The van der Waals surface area contributed by atoms with Gasteiger partial charge in [-0.3, -0.25) is 4.79 Å². The number of amides is 1. The molecule has 0 N–H and O–H groups in total. The van der Waals surface area contributed by atoms with E-state index in [2.05, 4.69) is 40.1 Å². The Bertz CT molecular complexity index is 618. The number of benzene rings is 1. The largest absolute Gasteiger partial charge is 0.368 e. The van der Waals surface area contributed by atoms with Crippen LogP contribution in [0.4, 0.5) is 5.69 Å². The quantitative estimate of drug-likeness (QED) is 0.799. The molecule has 0 atom stereocenters. The molecule has 26 heavy (non-hydrogen) atoms. The van der Waals surface area contributed by atoms with Gasteiger partial charge in [-0.15, -0.1) is 11.8 Å². The summed E-state index contributed by atoms with van der Waals surface area (Å²) in [7, 11) is 0. The van der Waals surface area contributed by atoms with Crippen molar-refractivity contribution in [3.8, 4) is 0 Å². The summed E-state index contributed by atoms with van der Waals surface area (Å²) in [5, 5.41) is 0. The zero-order valence-electron chi connectivity index (χ0n) is 15.6. The van der Waals surface area contributed by atoms with E-state index in [9.17, 15) is 4.79 Å². The summed E-state index contributed by atoms with van der Waals surface area (Å²) in [5.41, 5.74) is 1.28. The van der Waals surface area contributed by atoms with Gasteiger partial charge in [-0.1, -0.05) is 18.2 Å². The first-order valence-corrected chi connectivity index (χ1v) is 11.4. The molecule has 0 spiro atoms. The molecule has 0 unspecified atom stereocenters. The first-order chi connectivity index (χ1) is 12.7. The molecule has 1 aromatic carbocycles. The van der Waals surface area contributed by atoms with Gasteiger partial charge in [0.25, 0.3) is 0 Å². The highest BCUT2D eigenvalue weighted by molar-refractivity contribution is 8.01. The minimum absolute atomic E-state index is 0.374. The van der Waals surface area contributed by atoms with Crippen molar-refractivity contribution in [2.75, 3.05) is 36.8 Å².